The van der Waals surface area contributed by atoms with E-state index in [2.05, 4.69) is 29.1 Å². The molecule has 0 unspecified atom stereocenters. The summed E-state index contributed by atoms with van der Waals surface area (Å²) < 4.78 is 29.0. The van der Waals surface area contributed by atoms with Crippen LogP contribution in [-0.4, -0.2) is 46.3 Å². The van der Waals surface area contributed by atoms with Gasteiger partial charge in [0.25, 0.3) is 0 Å². The van der Waals surface area contributed by atoms with Crippen LogP contribution < -0.4 is 5.32 Å². The molecule has 2 aromatic heterocycles. The predicted molar refractivity (Wildman–Crippen MR) is 133 cm³/mol. The molecule has 1 aromatic carbocycles. The van der Waals surface area contributed by atoms with Crippen molar-refractivity contribution in [3.63, 3.8) is 0 Å². The number of amides is 1. The Labute approximate surface area is 200 Å². The number of benzene rings is 1. The van der Waals surface area contributed by atoms with Crippen LogP contribution in [-0.2, 0) is 41.1 Å². The van der Waals surface area contributed by atoms with Gasteiger partial charge in [0.2, 0.25) is 15.9 Å². The van der Waals surface area contributed by atoms with Gasteiger partial charge < -0.3 is 9.88 Å². The molecule has 0 atom stereocenters. The smallest absolute Gasteiger partial charge is 0.243 e. The molecule has 3 aromatic rings. The molecule has 0 aliphatic rings. The van der Waals surface area contributed by atoms with Crippen molar-refractivity contribution in [2.24, 2.45) is 7.05 Å². The molecular formula is C23H33N5O3S2. The summed E-state index contributed by atoms with van der Waals surface area (Å²) in [5, 5.41) is 3.57. The number of thiazole rings is 1. The Hall–Kier alpha value is -2.30. The summed E-state index contributed by atoms with van der Waals surface area (Å²) in [6.45, 7) is 8.70. The number of anilines is 1. The van der Waals surface area contributed by atoms with Crippen molar-refractivity contribution < 1.29 is 13.2 Å². The van der Waals surface area contributed by atoms with E-state index in [1.807, 2.05) is 25.5 Å². The number of nitrogens with zero attached hydrogens (tertiary/aromatic N) is 4. The summed E-state index contributed by atoms with van der Waals surface area (Å²) in [7, 11) is -1.67. The highest BCUT2D eigenvalue weighted by Gasteiger charge is 2.23. The molecule has 10 heteroatoms. The maximum Gasteiger partial charge on any atom is 0.243 e. The van der Waals surface area contributed by atoms with Crippen molar-refractivity contribution in [3.05, 3.63) is 34.6 Å². The summed E-state index contributed by atoms with van der Waals surface area (Å²) in [5.41, 5.74) is 2.52. The van der Waals surface area contributed by atoms with E-state index >= 15 is 0 Å². The first-order valence-corrected chi connectivity index (χ1v) is 13.7. The Kier molecular flexibility index (Phi) is 8.25. The average Bonchev–Trinajstić information content (AvgIpc) is 3.32. The van der Waals surface area contributed by atoms with Gasteiger partial charge in [0, 0.05) is 37.9 Å². The topological polar surface area (TPSA) is 97.2 Å². The maximum atomic E-state index is 12.8. The van der Waals surface area contributed by atoms with Crippen molar-refractivity contribution in [1.29, 1.82) is 0 Å². The van der Waals surface area contributed by atoms with E-state index in [-0.39, 0.29) is 17.2 Å². The minimum atomic E-state index is -3.55. The number of aromatic nitrogens is 3. The Morgan fingerprint density at radius 3 is 2.48 bits per heavy atom. The van der Waals surface area contributed by atoms with E-state index in [0.717, 1.165) is 36.3 Å². The fourth-order valence-electron chi connectivity index (χ4n) is 3.88. The van der Waals surface area contributed by atoms with Crippen LogP contribution in [0.5, 0.6) is 0 Å². The maximum absolute atomic E-state index is 12.8. The Morgan fingerprint density at radius 1 is 1.12 bits per heavy atom. The van der Waals surface area contributed by atoms with Gasteiger partial charge >= 0.3 is 0 Å². The van der Waals surface area contributed by atoms with Gasteiger partial charge in [0.1, 0.15) is 5.82 Å². The monoisotopic (exact) mass is 491 g/mol. The lowest BCUT2D eigenvalue weighted by Gasteiger charge is -2.18. The van der Waals surface area contributed by atoms with Gasteiger partial charge in [-0.05, 0) is 31.0 Å². The number of rotatable bonds is 11. The predicted octanol–water partition coefficient (Wildman–Crippen LogP) is 4.15. The first-order chi connectivity index (χ1) is 15.7. The van der Waals surface area contributed by atoms with Gasteiger partial charge in [-0.15, -0.1) is 11.3 Å². The number of carbonyl (C=O) groups is 1. The van der Waals surface area contributed by atoms with E-state index in [1.165, 1.54) is 9.18 Å². The molecule has 0 saturated carbocycles. The molecule has 0 bridgehead atoms. The molecule has 0 aliphatic carbocycles. The second kappa shape index (κ2) is 10.8. The van der Waals surface area contributed by atoms with Crippen LogP contribution in [0.1, 0.15) is 56.9 Å². The molecule has 0 fully saturated rings. The van der Waals surface area contributed by atoms with E-state index in [9.17, 15) is 13.2 Å². The SMILES string of the molecule is CCCc1nc(NC(=O)CCc2nc3cc(S(=O)(=O)N(CC)CC)ccc3n2C)sc1CC. The van der Waals surface area contributed by atoms with Crippen molar-refractivity contribution in [3.8, 4) is 0 Å². The number of sulfonamides is 1. The summed E-state index contributed by atoms with van der Waals surface area (Å²) in [4.78, 5) is 23.2. The summed E-state index contributed by atoms with van der Waals surface area (Å²) in [5.74, 6) is 0.629. The zero-order valence-corrected chi connectivity index (χ0v) is 21.6. The van der Waals surface area contributed by atoms with Gasteiger partial charge in [-0.3, -0.25) is 4.79 Å². The molecular weight excluding hydrogens is 458 g/mol. The van der Waals surface area contributed by atoms with Gasteiger partial charge in [0.05, 0.1) is 21.6 Å². The third-order valence-corrected chi connectivity index (χ3v) is 8.90. The number of aryl methyl sites for hydroxylation is 4. The van der Waals surface area contributed by atoms with Gasteiger partial charge in [0.15, 0.2) is 5.13 Å². The summed E-state index contributed by atoms with van der Waals surface area (Å²) in [6, 6.07) is 5.01. The van der Waals surface area contributed by atoms with Crippen molar-refractivity contribution in [1.82, 2.24) is 18.8 Å². The second-order valence-corrected chi connectivity index (χ2v) is 10.9. The van der Waals surface area contributed by atoms with E-state index in [4.69, 9.17) is 0 Å². The minimum absolute atomic E-state index is 0.105. The highest BCUT2D eigenvalue weighted by Crippen LogP contribution is 2.25. The Balaban J connectivity index is 1.73. The average molecular weight is 492 g/mol. The highest BCUT2D eigenvalue weighted by atomic mass is 32.2. The van der Waals surface area contributed by atoms with Gasteiger partial charge in [-0.1, -0.05) is 34.1 Å². The molecule has 33 heavy (non-hydrogen) atoms. The molecule has 2 heterocycles. The lowest BCUT2D eigenvalue weighted by Crippen LogP contribution is -2.30. The van der Waals surface area contributed by atoms with Gasteiger partial charge in [-0.25, -0.2) is 18.4 Å². The molecule has 0 aliphatic heterocycles. The van der Waals surface area contributed by atoms with Crippen LogP contribution in [0.25, 0.3) is 11.0 Å². The third kappa shape index (κ3) is 5.44. The number of carbonyl (C=O) groups excluding carboxylic acids is 1. The number of nitrogens with one attached hydrogen (secondary N) is 1. The lowest BCUT2D eigenvalue weighted by molar-refractivity contribution is -0.116. The van der Waals surface area contributed by atoms with Crippen molar-refractivity contribution in [2.45, 2.75) is 64.7 Å². The second-order valence-electron chi connectivity index (χ2n) is 7.87. The number of hydrogen-bond acceptors (Lipinski definition) is 6. The Bertz CT molecular complexity index is 1230. The summed E-state index contributed by atoms with van der Waals surface area (Å²) in [6.07, 6.45) is 3.57. The van der Waals surface area contributed by atoms with Crippen LogP contribution in [0.2, 0.25) is 0 Å². The van der Waals surface area contributed by atoms with Crippen molar-refractivity contribution >= 4 is 43.4 Å². The highest BCUT2D eigenvalue weighted by molar-refractivity contribution is 7.89. The van der Waals surface area contributed by atoms with E-state index < -0.39 is 10.0 Å². The molecule has 0 radical (unpaired) electrons. The van der Waals surface area contributed by atoms with Crippen LogP contribution in [0, 0.1) is 0 Å². The van der Waals surface area contributed by atoms with Crippen LogP contribution >= 0.6 is 11.3 Å². The molecule has 180 valence electrons. The van der Waals surface area contributed by atoms with Crippen LogP contribution in [0.15, 0.2) is 23.1 Å². The van der Waals surface area contributed by atoms with E-state index in [1.54, 1.807) is 29.5 Å². The molecule has 1 N–H and O–H groups in total. The fourth-order valence-corrected chi connectivity index (χ4v) is 6.32. The molecule has 8 nitrogen and oxygen atoms in total. The quantitative estimate of drug-likeness (QED) is 0.435. The number of imidazole rings is 1. The largest absolute Gasteiger partial charge is 0.331 e. The Morgan fingerprint density at radius 2 is 1.85 bits per heavy atom. The first kappa shape index (κ1) is 25.3. The number of hydrogen-bond donors (Lipinski definition) is 1. The summed E-state index contributed by atoms with van der Waals surface area (Å²) >= 11 is 1.54. The van der Waals surface area contributed by atoms with Crippen molar-refractivity contribution in [2.75, 3.05) is 18.4 Å². The molecule has 3 rings (SSSR count). The van der Waals surface area contributed by atoms with Gasteiger partial charge in [-0.2, -0.15) is 4.31 Å². The third-order valence-electron chi connectivity index (χ3n) is 5.70. The minimum Gasteiger partial charge on any atom is -0.331 e. The number of fused-ring (bicyclic) bond motifs is 1. The first-order valence-electron chi connectivity index (χ1n) is 11.5. The van der Waals surface area contributed by atoms with Crippen LogP contribution in [0.3, 0.4) is 0 Å². The zero-order valence-electron chi connectivity index (χ0n) is 20.0. The standard InChI is InChI=1S/C23H33N5O3S2/c1-6-10-17-20(7-2)32-23(25-17)26-22(29)14-13-21-24-18-15-16(11-12-19(18)27(21)5)33(30,31)28(8-3)9-4/h11-12,15H,6-10,13-14H2,1-5H3,(H,25,26,29). The molecule has 0 spiro atoms. The van der Waals surface area contributed by atoms with E-state index in [0.29, 0.717) is 30.2 Å². The molecule has 1 amide bonds. The lowest BCUT2D eigenvalue weighted by atomic mass is 10.2. The normalized spacial score (nSPS) is 12.1. The fraction of sp³-hybridized carbons (Fsp3) is 0.522. The molecule has 0 saturated heterocycles. The van der Waals surface area contributed by atoms with Crippen LogP contribution in [0.4, 0.5) is 5.13 Å². The zero-order chi connectivity index (χ0) is 24.2.